The minimum absolute atomic E-state index is 0.250. The second kappa shape index (κ2) is 7.65. The van der Waals surface area contributed by atoms with Crippen molar-refractivity contribution in [2.24, 2.45) is 5.73 Å². The number of aliphatic hydroxyl groups excluding tert-OH is 1. The van der Waals surface area contributed by atoms with Gasteiger partial charge in [0.15, 0.2) is 0 Å². The highest BCUT2D eigenvalue weighted by Crippen LogP contribution is 2.23. The van der Waals surface area contributed by atoms with Crippen LogP contribution in [0.15, 0.2) is 0 Å². The summed E-state index contributed by atoms with van der Waals surface area (Å²) in [6.45, 7) is 6.62. The van der Waals surface area contributed by atoms with Crippen molar-refractivity contribution in [3.05, 3.63) is 0 Å². The summed E-state index contributed by atoms with van der Waals surface area (Å²) in [4.78, 5) is 0. The number of hydrogen-bond acceptors (Lipinski definition) is 3. The minimum Gasteiger partial charge on any atom is -0.395 e. The molecular weight excluding hydrogens is 182 g/mol. The van der Waals surface area contributed by atoms with Crippen molar-refractivity contribution in [1.29, 1.82) is 0 Å². The van der Waals surface area contributed by atoms with E-state index in [2.05, 4.69) is 13.8 Å². The quantitative estimate of drug-likeness (QED) is 0.668. The van der Waals surface area contributed by atoms with Crippen molar-refractivity contribution < 1.29 is 5.11 Å². The van der Waals surface area contributed by atoms with E-state index in [1.54, 1.807) is 0 Å². The molecule has 3 N–H and O–H groups in total. The van der Waals surface area contributed by atoms with E-state index in [-0.39, 0.29) is 12.6 Å². The monoisotopic (exact) mass is 205 g/mol. The largest absolute Gasteiger partial charge is 0.395 e. The Kier molecular flexibility index (Phi) is 7.81. The maximum atomic E-state index is 8.93. The van der Waals surface area contributed by atoms with Crippen LogP contribution in [0.5, 0.6) is 0 Å². The van der Waals surface area contributed by atoms with E-state index in [4.69, 9.17) is 10.8 Å². The lowest BCUT2D eigenvalue weighted by atomic mass is 10.1. The van der Waals surface area contributed by atoms with E-state index in [0.717, 1.165) is 19.3 Å². The molecule has 0 aromatic rings. The Morgan fingerprint density at radius 2 is 2.00 bits per heavy atom. The summed E-state index contributed by atoms with van der Waals surface area (Å²) in [5.41, 5.74) is 6.04. The minimum atomic E-state index is 0.250. The molecule has 0 aliphatic rings. The molecule has 0 radical (unpaired) electrons. The fourth-order valence-electron chi connectivity index (χ4n) is 1.36. The molecule has 0 bridgehead atoms. The second-order valence-electron chi connectivity index (χ2n) is 3.53. The van der Waals surface area contributed by atoms with Gasteiger partial charge in [0.2, 0.25) is 0 Å². The van der Waals surface area contributed by atoms with Gasteiger partial charge in [0.05, 0.1) is 6.61 Å². The van der Waals surface area contributed by atoms with Crippen LogP contribution in [0.4, 0.5) is 0 Å². The van der Waals surface area contributed by atoms with Crippen molar-refractivity contribution in [2.45, 2.75) is 56.6 Å². The number of aliphatic hydroxyl groups is 1. The van der Waals surface area contributed by atoms with E-state index < -0.39 is 0 Å². The third-order valence-corrected chi connectivity index (χ3v) is 3.81. The van der Waals surface area contributed by atoms with Gasteiger partial charge in [0.25, 0.3) is 0 Å². The van der Waals surface area contributed by atoms with Crippen LogP contribution in [0.2, 0.25) is 0 Å². The molecule has 0 saturated carbocycles. The molecular formula is C10H23NOS. The van der Waals surface area contributed by atoms with Gasteiger partial charge in [-0.05, 0) is 12.8 Å². The molecule has 13 heavy (non-hydrogen) atoms. The van der Waals surface area contributed by atoms with E-state index in [1.165, 1.54) is 0 Å². The first kappa shape index (κ1) is 13.3. The molecule has 3 atom stereocenters. The first-order valence-electron chi connectivity index (χ1n) is 5.17. The smallest absolute Gasteiger partial charge is 0.0547 e. The Labute approximate surface area is 86.3 Å². The molecule has 80 valence electrons. The van der Waals surface area contributed by atoms with Crippen LogP contribution < -0.4 is 5.73 Å². The Morgan fingerprint density at radius 1 is 1.38 bits per heavy atom. The predicted molar refractivity (Wildman–Crippen MR) is 61.1 cm³/mol. The number of hydrogen-bond donors (Lipinski definition) is 2. The predicted octanol–water partition coefficient (Wildman–Crippen LogP) is 2.01. The number of nitrogens with two attached hydrogens (primary N) is 1. The van der Waals surface area contributed by atoms with Gasteiger partial charge >= 0.3 is 0 Å². The van der Waals surface area contributed by atoms with Crippen molar-refractivity contribution >= 4 is 11.8 Å². The van der Waals surface area contributed by atoms with E-state index in [9.17, 15) is 0 Å². The van der Waals surface area contributed by atoms with Gasteiger partial charge in [0.1, 0.15) is 0 Å². The molecule has 0 amide bonds. The van der Waals surface area contributed by atoms with Crippen LogP contribution in [-0.4, -0.2) is 28.3 Å². The van der Waals surface area contributed by atoms with Gasteiger partial charge in [-0.15, -0.1) is 0 Å². The Hall–Kier alpha value is 0.270. The molecule has 0 aliphatic heterocycles. The van der Waals surface area contributed by atoms with Gasteiger partial charge in [-0.25, -0.2) is 0 Å². The van der Waals surface area contributed by atoms with Crippen LogP contribution in [0.3, 0.4) is 0 Å². The topological polar surface area (TPSA) is 46.2 Å². The highest BCUT2D eigenvalue weighted by molar-refractivity contribution is 8.00. The van der Waals surface area contributed by atoms with Gasteiger partial charge in [-0.1, -0.05) is 27.2 Å². The Morgan fingerprint density at radius 3 is 2.38 bits per heavy atom. The zero-order valence-electron chi connectivity index (χ0n) is 8.99. The van der Waals surface area contributed by atoms with Crippen LogP contribution >= 0.6 is 11.8 Å². The van der Waals surface area contributed by atoms with Crippen LogP contribution in [0, 0.1) is 0 Å². The van der Waals surface area contributed by atoms with Crippen LogP contribution in [0.1, 0.15) is 40.0 Å². The average molecular weight is 205 g/mol. The summed E-state index contributed by atoms with van der Waals surface area (Å²) in [5, 5.41) is 9.74. The molecule has 0 aliphatic carbocycles. The normalized spacial score (nSPS) is 18.2. The lowest BCUT2D eigenvalue weighted by Crippen LogP contribution is -2.33. The first-order chi connectivity index (χ1) is 6.15. The summed E-state index contributed by atoms with van der Waals surface area (Å²) >= 11 is 1.82. The highest BCUT2D eigenvalue weighted by atomic mass is 32.2. The Balaban J connectivity index is 3.86. The Bertz CT molecular complexity index is 121. The molecule has 0 aromatic carbocycles. The summed E-state index contributed by atoms with van der Waals surface area (Å²) in [7, 11) is 0. The average Bonchev–Trinajstić information content (AvgIpc) is 2.14. The second-order valence-corrected chi connectivity index (χ2v) is 5.21. The van der Waals surface area contributed by atoms with Gasteiger partial charge in [-0.3, -0.25) is 0 Å². The number of rotatable bonds is 7. The van der Waals surface area contributed by atoms with E-state index in [1.807, 2.05) is 18.7 Å². The molecule has 0 spiro atoms. The fourth-order valence-corrected chi connectivity index (χ4v) is 2.57. The highest BCUT2D eigenvalue weighted by Gasteiger charge is 2.17. The van der Waals surface area contributed by atoms with E-state index in [0.29, 0.717) is 10.5 Å². The summed E-state index contributed by atoms with van der Waals surface area (Å²) in [6.07, 6.45) is 3.32. The molecule has 3 unspecified atom stereocenters. The van der Waals surface area contributed by atoms with Gasteiger partial charge < -0.3 is 10.8 Å². The summed E-state index contributed by atoms with van der Waals surface area (Å²) < 4.78 is 0. The molecule has 0 heterocycles. The lowest BCUT2D eigenvalue weighted by molar-refractivity contribution is 0.299. The first-order valence-corrected chi connectivity index (χ1v) is 6.11. The fraction of sp³-hybridized carbons (Fsp3) is 1.00. The zero-order valence-corrected chi connectivity index (χ0v) is 9.81. The number of thioether (sulfide) groups is 1. The molecule has 2 nitrogen and oxygen atoms in total. The molecule has 3 heteroatoms. The van der Waals surface area contributed by atoms with Crippen molar-refractivity contribution in [1.82, 2.24) is 0 Å². The molecule has 0 aromatic heterocycles. The maximum absolute atomic E-state index is 8.93. The van der Waals surface area contributed by atoms with Crippen molar-refractivity contribution in [3.63, 3.8) is 0 Å². The van der Waals surface area contributed by atoms with Crippen LogP contribution in [-0.2, 0) is 0 Å². The molecule has 0 saturated heterocycles. The van der Waals surface area contributed by atoms with Crippen molar-refractivity contribution in [3.8, 4) is 0 Å². The standard InChI is InChI=1S/C10H23NOS/c1-4-6-9(11)10(5-2)13-8(3)7-12/h8-10,12H,4-7,11H2,1-3H3. The van der Waals surface area contributed by atoms with E-state index >= 15 is 0 Å². The van der Waals surface area contributed by atoms with Crippen LogP contribution in [0.25, 0.3) is 0 Å². The summed E-state index contributed by atoms with van der Waals surface area (Å²) in [6, 6.07) is 0.286. The zero-order chi connectivity index (χ0) is 10.3. The van der Waals surface area contributed by atoms with Gasteiger partial charge in [-0.2, -0.15) is 11.8 Å². The maximum Gasteiger partial charge on any atom is 0.0547 e. The van der Waals surface area contributed by atoms with Gasteiger partial charge in [0, 0.05) is 16.5 Å². The molecule has 0 fully saturated rings. The summed E-state index contributed by atoms with van der Waals surface area (Å²) in [5.74, 6) is 0. The third kappa shape index (κ3) is 5.55. The third-order valence-electron chi connectivity index (χ3n) is 2.17. The lowest BCUT2D eigenvalue weighted by Gasteiger charge is -2.24. The molecule has 0 rings (SSSR count). The van der Waals surface area contributed by atoms with Crippen molar-refractivity contribution in [2.75, 3.05) is 6.61 Å². The SMILES string of the molecule is CCCC(N)C(CC)SC(C)CO.